The van der Waals surface area contributed by atoms with Crippen molar-refractivity contribution >= 4 is 18.0 Å². The lowest BCUT2D eigenvalue weighted by molar-refractivity contribution is -0.146. The van der Waals surface area contributed by atoms with Crippen LogP contribution in [0.2, 0.25) is 0 Å². The van der Waals surface area contributed by atoms with Crippen LogP contribution >= 0.6 is 0 Å². The molecule has 9 nitrogen and oxygen atoms in total. The second kappa shape index (κ2) is 56.8. The van der Waals surface area contributed by atoms with Crippen LogP contribution in [0.4, 0.5) is 4.79 Å². The van der Waals surface area contributed by atoms with Crippen LogP contribution in [0.5, 0.6) is 0 Å². The van der Waals surface area contributed by atoms with Crippen molar-refractivity contribution in [2.45, 2.75) is 311 Å². The number of rotatable bonds is 58. The largest absolute Gasteiger partial charge is 0.465 e. The zero-order valence-electron chi connectivity index (χ0n) is 49.3. The van der Waals surface area contributed by atoms with Gasteiger partial charge in [0.2, 0.25) is 0 Å². The van der Waals surface area contributed by atoms with Crippen molar-refractivity contribution in [2.75, 3.05) is 65.6 Å². The van der Waals surface area contributed by atoms with Gasteiger partial charge >= 0.3 is 18.0 Å². The molecule has 0 saturated carbocycles. The lowest BCUT2D eigenvalue weighted by atomic mass is 9.94. The molecule has 0 fully saturated rings. The van der Waals surface area contributed by atoms with Crippen LogP contribution in [0.25, 0.3) is 0 Å². The van der Waals surface area contributed by atoms with Crippen molar-refractivity contribution < 1.29 is 28.6 Å². The van der Waals surface area contributed by atoms with E-state index in [9.17, 15) is 14.4 Å². The van der Waals surface area contributed by atoms with Gasteiger partial charge in [-0.3, -0.25) is 9.59 Å². The van der Waals surface area contributed by atoms with E-state index in [1.165, 1.54) is 205 Å². The molecule has 0 bridgehead atoms. The number of amides is 1. The van der Waals surface area contributed by atoms with Gasteiger partial charge in [-0.05, 0) is 109 Å². The molecule has 0 aliphatic carbocycles. The molecule has 0 aliphatic heterocycles. The average molecular weight is 1020 g/mol. The Balaban J connectivity index is 4.96. The highest BCUT2D eigenvalue weighted by Crippen LogP contribution is 2.22. The Bertz CT molecular complexity index is 1070. The van der Waals surface area contributed by atoms with Crippen molar-refractivity contribution in [3.8, 4) is 0 Å². The molecule has 1 amide bonds. The summed E-state index contributed by atoms with van der Waals surface area (Å²) in [4.78, 5) is 43.2. The van der Waals surface area contributed by atoms with Crippen LogP contribution in [-0.4, -0.2) is 93.5 Å². The Morgan fingerprint density at radius 2 is 0.667 bits per heavy atom. The number of nitrogens with one attached hydrogen (secondary N) is 1. The third-order valence-corrected chi connectivity index (χ3v) is 15.2. The minimum Gasteiger partial charge on any atom is -0.465 e. The van der Waals surface area contributed by atoms with Crippen molar-refractivity contribution in [3.05, 3.63) is 0 Å². The monoisotopic (exact) mass is 1020 g/mol. The van der Waals surface area contributed by atoms with Crippen LogP contribution < -0.4 is 5.32 Å². The zero-order chi connectivity index (χ0) is 52.6. The second-order valence-corrected chi connectivity index (χ2v) is 22.0. The summed E-state index contributed by atoms with van der Waals surface area (Å²) >= 11 is 0. The van der Waals surface area contributed by atoms with Gasteiger partial charge in [0.05, 0.1) is 19.8 Å². The smallest absolute Gasteiger partial charge is 0.407 e. The van der Waals surface area contributed by atoms with E-state index in [0.29, 0.717) is 51.0 Å². The Morgan fingerprint density at radius 3 is 1.03 bits per heavy atom. The van der Waals surface area contributed by atoms with Gasteiger partial charge in [-0.25, -0.2) is 4.79 Å². The standard InChI is InChI=1S/C63H125N3O6/c1-7-13-17-21-25-27-31-37-47-59(45-35-29-23-19-15-9-3)57-71-61(67)49-39-33-41-52-66(55-44-56-70-63(69)64-51-43-54-65(11-5)12-6)53-42-34-40-50-62(68)72-58-60(46-36-30-24-20-16-10-4)48-38-32-28-26-22-18-14-8-2/h59-60H,7-58H2,1-6H3,(H,64,69). The number of hydrogen-bond acceptors (Lipinski definition) is 8. The van der Waals surface area contributed by atoms with Crippen LogP contribution in [0, 0.1) is 11.8 Å². The van der Waals surface area contributed by atoms with Gasteiger partial charge in [0.25, 0.3) is 0 Å². The molecule has 2 atom stereocenters. The molecule has 0 radical (unpaired) electrons. The van der Waals surface area contributed by atoms with Crippen LogP contribution in [0.1, 0.15) is 311 Å². The topological polar surface area (TPSA) is 97.4 Å². The van der Waals surface area contributed by atoms with E-state index in [2.05, 4.69) is 56.7 Å². The highest BCUT2D eigenvalue weighted by molar-refractivity contribution is 5.69. The molecule has 0 aliphatic rings. The van der Waals surface area contributed by atoms with Crippen molar-refractivity contribution in [1.82, 2.24) is 15.1 Å². The number of unbranched alkanes of at least 4 members (excludes halogenated alkanes) is 28. The first-order valence-electron chi connectivity index (χ1n) is 32.0. The molecule has 428 valence electrons. The molecule has 0 rings (SSSR count). The van der Waals surface area contributed by atoms with Crippen molar-refractivity contribution in [1.29, 1.82) is 0 Å². The lowest BCUT2D eigenvalue weighted by Gasteiger charge is -2.22. The highest BCUT2D eigenvalue weighted by Gasteiger charge is 2.15. The molecule has 2 unspecified atom stereocenters. The maximum atomic E-state index is 13.0. The quantitative estimate of drug-likeness (QED) is 0.0366. The van der Waals surface area contributed by atoms with E-state index < -0.39 is 0 Å². The summed E-state index contributed by atoms with van der Waals surface area (Å²) in [5.74, 6) is 0.922. The fraction of sp³-hybridized carbons (Fsp3) is 0.952. The molecule has 0 heterocycles. The van der Waals surface area contributed by atoms with Crippen LogP contribution in [0.15, 0.2) is 0 Å². The van der Waals surface area contributed by atoms with Gasteiger partial charge < -0.3 is 29.3 Å². The molecule has 9 heteroatoms. The Labute approximate surface area is 448 Å². The summed E-state index contributed by atoms with van der Waals surface area (Å²) in [6, 6.07) is 0. The fourth-order valence-corrected chi connectivity index (χ4v) is 10.2. The minimum absolute atomic E-state index is 0.0328. The third kappa shape index (κ3) is 50.3. The summed E-state index contributed by atoms with van der Waals surface area (Å²) in [7, 11) is 0. The van der Waals surface area contributed by atoms with E-state index in [-0.39, 0.29) is 18.0 Å². The molecule has 0 saturated heterocycles. The maximum Gasteiger partial charge on any atom is 0.407 e. The maximum absolute atomic E-state index is 13.0. The van der Waals surface area contributed by atoms with Crippen molar-refractivity contribution in [2.24, 2.45) is 11.8 Å². The van der Waals surface area contributed by atoms with E-state index in [0.717, 1.165) is 90.6 Å². The van der Waals surface area contributed by atoms with E-state index in [1.807, 2.05) is 0 Å². The van der Waals surface area contributed by atoms with E-state index in [1.54, 1.807) is 0 Å². The van der Waals surface area contributed by atoms with Crippen LogP contribution in [-0.2, 0) is 23.8 Å². The first-order valence-corrected chi connectivity index (χ1v) is 32.0. The minimum atomic E-state index is -0.330. The lowest BCUT2D eigenvalue weighted by Crippen LogP contribution is -2.31. The summed E-state index contributed by atoms with van der Waals surface area (Å²) in [5, 5.41) is 2.92. The van der Waals surface area contributed by atoms with Gasteiger partial charge in [0.1, 0.15) is 0 Å². The van der Waals surface area contributed by atoms with Gasteiger partial charge in [-0.15, -0.1) is 0 Å². The average Bonchev–Trinajstić information content (AvgIpc) is 3.38. The predicted molar refractivity (Wildman–Crippen MR) is 309 cm³/mol. The summed E-state index contributed by atoms with van der Waals surface area (Å²) in [5.41, 5.74) is 0. The van der Waals surface area contributed by atoms with E-state index >= 15 is 0 Å². The summed E-state index contributed by atoms with van der Waals surface area (Å²) in [6.07, 6.45) is 49.8. The van der Waals surface area contributed by atoms with Gasteiger partial charge in [-0.2, -0.15) is 0 Å². The normalized spacial score (nSPS) is 12.4. The number of esters is 2. The summed E-state index contributed by atoms with van der Waals surface area (Å²) in [6.45, 7) is 21.4. The highest BCUT2D eigenvalue weighted by atomic mass is 16.5. The van der Waals surface area contributed by atoms with Crippen molar-refractivity contribution in [3.63, 3.8) is 0 Å². The number of ether oxygens (including phenoxy) is 3. The van der Waals surface area contributed by atoms with Gasteiger partial charge in [0.15, 0.2) is 0 Å². The number of alkyl carbamates (subject to hydrolysis) is 1. The summed E-state index contributed by atoms with van der Waals surface area (Å²) < 4.78 is 17.4. The number of carbonyl (C=O) groups excluding carboxylic acids is 3. The van der Waals surface area contributed by atoms with Gasteiger partial charge in [0, 0.05) is 25.9 Å². The molecule has 72 heavy (non-hydrogen) atoms. The molecular formula is C63H125N3O6. The molecule has 1 N–H and O–H groups in total. The first kappa shape index (κ1) is 70.1. The molecule has 0 aromatic carbocycles. The zero-order valence-corrected chi connectivity index (χ0v) is 49.3. The molecule has 0 aromatic heterocycles. The Morgan fingerprint density at radius 1 is 0.347 bits per heavy atom. The first-order chi connectivity index (χ1) is 35.3. The number of carbonyl (C=O) groups is 3. The number of hydrogen-bond donors (Lipinski definition) is 1. The van der Waals surface area contributed by atoms with E-state index in [4.69, 9.17) is 14.2 Å². The third-order valence-electron chi connectivity index (χ3n) is 15.2. The van der Waals surface area contributed by atoms with Crippen LogP contribution in [0.3, 0.4) is 0 Å². The fourth-order valence-electron chi connectivity index (χ4n) is 10.2. The second-order valence-electron chi connectivity index (χ2n) is 22.0. The Hall–Kier alpha value is -1.87. The number of nitrogens with zero attached hydrogens (tertiary/aromatic N) is 2. The SMILES string of the molecule is CCCCCCCCCCC(CCCCCCCC)COC(=O)CCCCCN(CCCCCC(=O)OCC(CCCCCCCC)CCCCCCCCCC)CCCOC(=O)NCCCN(CC)CC. The molecule has 0 spiro atoms. The molecular weight excluding hydrogens is 895 g/mol. The Kier molecular flexibility index (Phi) is 55.4. The molecule has 0 aromatic rings. The predicted octanol–water partition coefficient (Wildman–Crippen LogP) is 18.1. The van der Waals surface area contributed by atoms with Gasteiger partial charge in [-0.1, -0.05) is 234 Å².